The van der Waals surface area contributed by atoms with Crippen molar-refractivity contribution in [1.82, 2.24) is 14.9 Å². The minimum atomic E-state index is -0.0189. The standard InChI is InChI=1S/C24H22Cl2N4O/c1-17-27-22(19-5-3-2-4-6-19)16-23(28-17)29-11-13-30(14-12-29)24(31)10-8-18-7-9-20(25)21(26)15-18/h2-10,15-16H,11-14H2,1H3/b10-8+. The Balaban J connectivity index is 1.40. The van der Waals surface area contributed by atoms with Gasteiger partial charge in [0, 0.05) is 43.9 Å². The Morgan fingerprint density at radius 3 is 2.39 bits per heavy atom. The molecule has 0 aliphatic carbocycles. The Kier molecular flexibility index (Phi) is 6.54. The number of hydrogen-bond donors (Lipinski definition) is 0. The summed E-state index contributed by atoms with van der Waals surface area (Å²) in [4.78, 5) is 25.8. The van der Waals surface area contributed by atoms with E-state index in [2.05, 4.69) is 14.9 Å². The van der Waals surface area contributed by atoms with Gasteiger partial charge in [-0.3, -0.25) is 4.79 Å². The predicted octanol–water partition coefficient (Wildman–Crippen LogP) is 5.12. The summed E-state index contributed by atoms with van der Waals surface area (Å²) in [6.45, 7) is 4.61. The summed E-state index contributed by atoms with van der Waals surface area (Å²) in [6.07, 6.45) is 3.34. The topological polar surface area (TPSA) is 49.3 Å². The van der Waals surface area contributed by atoms with Crippen LogP contribution in [0.5, 0.6) is 0 Å². The summed E-state index contributed by atoms with van der Waals surface area (Å²) < 4.78 is 0. The summed E-state index contributed by atoms with van der Waals surface area (Å²) in [5.74, 6) is 1.61. The maximum Gasteiger partial charge on any atom is 0.246 e. The zero-order valence-corrected chi connectivity index (χ0v) is 18.6. The van der Waals surface area contributed by atoms with Crippen LogP contribution < -0.4 is 4.90 Å². The molecule has 0 atom stereocenters. The minimum Gasteiger partial charge on any atom is -0.353 e. The van der Waals surface area contributed by atoms with Gasteiger partial charge in [-0.05, 0) is 30.7 Å². The van der Waals surface area contributed by atoms with E-state index in [0.29, 0.717) is 23.1 Å². The molecule has 0 saturated carbocycles. The van der Waals surface area contributed by atoms with Crippen molar-refractivity contribution in [1.29, 1.82) is 0 Å². The van der Waals surface area contributed by atoms with E-state index in [1.807, 2.05) is 54.3 Å². The molecule has 0 spiro atoms. The van der Waals surface area contributed by atoms with E-state index in [-0.39, 0.29) is 5.91 Å². The van der Waals surface area contributed by atoms with Gasteiger partial charge in [0.05, 0.1) is 15.7 Å². The third-order valence-corrected chi connectivity index (χ3v) is 5.91. The van der Waals surface area contributed by atoms with Gasteiger partial charge in [0.15, 0.2) is 0 Å². The molecule has 1 amide bonds. The molecule has 31 heavy (non-hydrogen) atoms. The van der Waals surface area contributed by atoms with Crippen LogP contribution in [0, 0.1) is 6.92 Å². The molecule has 0 bridgehead atoms. The number of piperazine rings is 1. The first kappa shape index (κ1) is 21.3. The Morgan fingerprint density at radius 1 is 0.935 bits per heavy atom. The largest absolute Gasteiger partial charge is 0.353 e. The first-order chi connectivity index (χ1) is 15.0. The first-order valence-corrected chi connectivity index (χ1v) is 10.8. The third kappa shape index (κ3) is 5.24. The number of anilines is 1. The average molecular weight is 453 g/mol. The van der Waals surface area contributed by atoms with Crippen molar-refractivity contribution < 1.29 is 4.79 Å². The molecule has 1 aliphatic rings. The van der Waals surface area contributed by atoms with Gasteiger partial charge < -0.3 is 9.80 Å². The molecule has 1 aliphatic heterocycles. The number of halogens is 2. The molecule has 0 radical (unpaired) electrons. The van der Waals surface area contributed by atoms with Crippen molar-refractivity contribution in [3.8, 4) is 11.3 Å². The summed E-state index contributed by atoms with van der Waals surface area (Å²) in [7, 11) is 0. The highest BCUT2D eigenvalue weighted by Crippen LogP contribution is 2.24. The van der Waals surface area contributed by atoms with Crippen LogP contribution in [0.2, 0.25) is 10.0 Å². The summed E-state index contributed by atoms with van der Waals surface area (Å²) >= 11 is 12.0. The average Bonchev–Trinajstić information content (AvgIpc) is 2.80. The van der Waals surface area contributed by atoms with Gasteiger partial charge in [-0.15, -0.1) is 0 Å². The first-order valence-electron chi connectivity index (χ1n) is 10.1. The van der Waals surface area contributed by atoms with Gasteiger partial charge >= 0.3 is 0 Å². The third-order valence-electron chi connectivity index (χ3n) is 5.17. The SMILES string of the molecule is Cc1nc(-c2ccccc2)cc(N2CCN(C(=O)/C=C/c3ccc(Cl)c(Cl)c3)CC2)n1. The summed E-state index contributed by atoms with van der Waals surface area (Å²) in [5, 5.41) is 0.969. The fourth-order valence-electron chi connectivity index (χ4n) is 3.52. The monoisotopic (exact) mass is 452 g/mol. The molecule has 158 valence electrons. The highest BCUT2D eigenvalue weighted by atomic mass is 35.5. The lowest BCUT2D eigenvalue weighted by Crippen LogP contribution is -2.48. The van der Waals surface area contributed by atoms with Crippen molar-refractivity contribution in [3.05, 3.63) is 82.1 Å². The van der Waals surface area contributed by atoms with Gasteiger partial charge in [-0.2, -0.15) is 0 Å². The fraction of sp³-hybridized carbons (Fsp3) is 0.208. The fourth-order valence-corrected chi connectivity index (χ4v) is 3.82. The summed E-state index contributed by atoms with van der Waals surface area (Å²) in [5.41, 5.74) is 2.81. The van der Waals surface area contributed by atoms with E-state index in [0.717, 1.165) is 41.6 Å². The summed E-state index contributed by atoms with van der Waals surface area (Å²) in [6, 6.07) is 17.4. The van der Waals surface area contributed by atoms with Crippen LogP contribution in [-0.2, 0) is 4.79 Å². The highest BCUT2D eigenvalue weighted by Gasteiger charge is 2.21. The second-order valence-electron chi connectivity index (χ2n) is 7.34. The lowest BCUT2D eigenvalue weighted by molar-refractivity contribution is -0.126. The molecule has 1 fully saturated rings. The van der Waals surface area contributed by atoms with E-state index in [9.17, 15) is 4.79 Å². The van der Waals surface area contributed by atoms with Crippen LogP contribution >= 0.6 is 23.2 Å². The van der Waals surface area contributed by atoms with Gasteiger partial charge in [-0.1, -0.05) is 59.6 Å². The molecule has 4 rings (SSSR count). The zero-order chi connectivity index (χ0) is 21.8. The maximum atomic E-state index is 12.6. The Labute approximate surface area is 191 Å². The number of aryl methyl sites for hydroxylation is 1. The van der Waals surface area contributed by atoms with Crippen LogP contribution in [0.3, 0.4) is 0 Å². The van der Waals surface area contributed by atoms with Crippen molar-refractivity contribution in [3.63, 3.8) is 0 Å². The molecule has 2 heterocycles. The van der Waals surface area contributed by atoms with Crippen LogP contribution in [0.25, 0.3) is 17.3 Å². The molecule has 1 saturated heterocycles. The molecule has 7 heteroatoms. The maximum absolute atomic E-state index is 12.6. The minimum absolute atomic E-state index is 0.0189. The Morgan fingerprint density at radius 2 is 1.68 bits per heavy atom. The van der Waals surface area contributed by atoms with E-state index in [1.54, 1.807) is 24.3 Å². The smallest absolute Gasteiger partial charge is 0.246 e. The van der Waals surface area contributed by atoms with Gasteiger partial charge in [0.25, 0.3) is 0 Å². The molecular formula is C24H22Cl2N4O. The number of amides is 1. The van der Waals surface area contributed by atoms with Gasteiger partial charge in [-0.25, -0.2) is 9.97 Å². The highest BCUT2D eigenvalue weighted by molar-refractivity contribution is 6.42. The van der Waals surface area contributed by atoms with E-state index in [1.165, 1.54) is 0 Å². The second-order valence-corrected chi connectivity index (χ2v) is 8.16. The van der Waals surface area contributed by atoms with Gasteiger partial charge in [0.1, 0.15) is 11.6 Å². The predicted molar refractivity (Wildman–Crippen MR) is 126 cm³/mol. The van der Waals surface area contributed by atoms with Crippen molar-refractivity contribution >= 4 is 41.0 Å². The number of carbonyl (C=O) groups is 1. The van der Waals surface area contributed by atoms with E-state index in [4.69, 9.17) is 23.2 Å². The van der Waals surface area contributed by atoms with Crippen LogP contribution in [0.15, 0.2) is 60.7 Å². The van der Waals surface area contributed by atoms with Crippen molar-refractivity contribution in [2.75, 3.05) is 31.1 Å². The molecule has 2 aromatic carbocycles. The van der Waals surface area contributed by atoms with Crippen molar-refractivity contribution in [2.24, 2.45) is 0 Å². The number of aromatic nitrogens is 2. The lowest BCUT2D eigenvalue weighted by Gasteiger charge is -2.35. The molecule has 5 nitrogen and oxygen atoms in total. The number of carbonyl (C=O) groups excluding carboxylic acids is 1. The Hall–Kier alpha value is -2.89. The normalized spacial score (nSPS) is 14.3. The quantitative estimate of drug-likeness (QED) is 0.515. The van der Waals surface area contributed by atoms with Crippen LogP contribution in [-0.4, -0.2) is 47.0 Å². The van der Waals surface area contributed by atoms with Gasteiger partial charge in [0.2, 0.25) is 5.91 Å². The number of nitrogens with zero attached hydrogens (tertiary/aromatic N) is 4. The molecule has 0 unspecified atom stereocenters. The van der Waals surface area contributed by atoms with E-state index >= 15 is 0 Å². The zero-order valence-electron chi connectivity index (χ0n) is 17.1. The molecule has 3 aromatic rings. The number of benzene rings is 2. The lowest BCUT2D eigenvalue weighted by atomic mass is 10.1. The molecule has 0 N–H and O–H groups in total. The van der Waals surface area contributed by atoms with E-state index < -0.39 is 0 Å². The van der Waals surface area contributed by atoms with Crippen LogP contribution in [0.4, 0.5) is 5.82 Å². The number of hydrogen-bond acceptors (Lipinski definition) is 4. The number of rotatable bonds is 4. The molecular weight excluding hydrogens is 431 g/mol. The molecule has 1 aromatic heterocycles. The second kappa shape index (κ2) is 9.50. The van der Waals surface area contributed by atoms with Crippen molar-refractivity contribution in [2.45, 2.75) is 6.92 Å². The Bertz CT molecular complexity index is 1110. The van der Waals surface area contributed by atoms with Crippen LogP contribution in [0.1, 0.15) is 11.4 Å².